The number of halogens is 3. The number of pyridine rings is 1. The molecule has 11 heteroatoms. The Morgan fingerprint density at radius 1 is 1.11 bits per heavy atom. The van der Waals surface area contributed by atoms with Crippen molar-refractivity contribution < 1.29 is 28.8 Å². The van der Waals surface area contributed by atoms with Crippen LogP contribution in [0.1, 0.15) is 61.0 Å². The molecule has 0 bridgehead atoms. The van der Waals surface area contributed by atoms with Gasteiger partial charge in [-0.1, -0.05) is 11.6 Å². The van der Waals surface area contributed by atoms with E-state index in [4.69, 9.17) is 16.3 Å². The van der Waals surface area contributed by atoms with Crippen LogP contribution in [0.2, 0.25) is 5.02 Å². The average molecular weight is 529 g/mol. The zero-order chi connectivity index (χ0) is 26.1. The normalized spacial score (nSPS) is 26.9. The summed E-state index contributed by atoms with van der Waals surface area (Å²) in [5.74, 6) is -0.238. The van der Waals surface area contributed by atoms with Crippen molar-refractivity contribution in [2.75, 3.05) is 0 Å². The van der Waals surface area contributed by atoms with Crippen LogP contribution in [0.15, 0.2) is 48.9 Å². The number of hydrogen-bond acceptors (Lipinski definition) is 7. The maximum absolute atomic E-state index is 13.1. The minimum atomic E-state index is -3.01. The smallest absolute Gasteiger partial charge is 0.387 e. The summed E-state index contributed by atoms with van der Waals surface area (Å²) in [6, 6.07) is 8.08. The zero-order valence-electron chi connectivity index (χ0n) is 19.6. The Labute approximate surface area is 215 Å². The van der Waals surface area contributed by atoms with Crippen LogP contribution in [-0.2, 0) is 5.60 Å². The molecule has 2 aliphatic carbocycles. The van der Waals surface area contributed by atoms with Gasteiger partial charge in [-0.3, -0.25) is 0 Å². The molecule has 0 spiro atoms. The van der Waals surface area contributed by atoms with Crippen LogP contribution < -0.4 is 4.74 Å². The van der Waals surface area contributed by atoms with Gasteiger partial charge < -0.3 is 24.5 Å². The van der Waals surface area contributed by atoms with E-state index < -0.39 is 29.8 Å². The number of rotatable bonds is 5. The fraction of sp³-hybridized carbons (Fsp3) is 0.346. The van der Waals surface area contributed by atoms with E-state index in [1.54, 1.807) is 31.5 Å². The second-order valence-electron chi connectivity index (χ2n) is 10.1. The summed E-state index contributed by atoms with van der Waals surface area (Å²) in [6.45, 7) is -1.35. The van der Waals surface area contributed by atoms with Crippen molar-refractivity contribution in [3.05, 3.63) is 76.7 Å². The molecule has 4 aromatic rings. The van der Waals surface area contributed by atoms with Gasteiger partial charge in [0.1, 0.15) is 17.0 Å². The van der Waals surface area contributed by atoms with Crippen molar-refractivity contribution in [3.63, 3.8) is 0 Å². The van der Waals surface area contributed by atoms with Gasteiger partial charge in [0.15, 0.2) is 5.82 Å². The summed E-state index contributed by atoms with van der Waals surface area (Å²) < 4.78 is 32.8. The molecule has 1 fully saturated rings. The molecule has 2 atom stereocenters. The number of ether oxygens (including phenoxy) is 1. The van der Waals surface area contributed by atoms with Crippen LogP contribution in [0.4, 0.5) is 8.78 Å². The number of nitrogens with zero attached hydrogens (tertiary/aromatic N) is 4. The molecule has 6 rings (SSSR count). The number of imidazole rings is 1. The van der Waals surface area contributed by atoms with Crippen molar-refractivity contribution in [2.24, 2.45) is 0 Å². The van der Waals surface area contributed by atoms with E-state index in [0.717, 1.165) is 5.56 Å². The van der Waals surface area contributed by atoms with Crippen LogP contribution in [0, 0.1) is 0 Å². The molecule has 1 saturated carbocycles. The van der Waals surface area contributed by atoms with Gasteiger partial charge in [0.25, 0.3) is 0 Å². The summed E-state index contributed by atoms with van der Waals surface area (Å²) in [4.78, 5) is 13.3. The van der Waals surface area contributed by atoms with Crippen molar-refractivity contribution in [3.8, 4) is 16.9 Å². The minimum Gasteiger partial charge on any atom is -0.435 e. The number of aliphatic hydroxyl groups is 3. The van der Waals surface area contributed by atoms with E-state index in [-0.39, 0.29) is 30.8 Å². The highest BCUT2D eigenvalue weighted by Crippen LogP contribution is 2.48. The second kappa shape index (κ2) is 8.42. The molecule has 0 radical (unpaired) electrons. The largest absolute Gasteiger partial charge is 0.435 e. The third-order valence-corrected chi connectivity index (χ3v) is 7.33. The molecule has 0 unspecified atom stereocenters. The first-order chi connectivity index (χ1) is 17.5. The molecule has 3 N–H and O–H groups in total. The summed E-state index contributed by atoms with van der Waals surface area (Å²) in [5.41, 5.74) is 1.40. The number of aliphatic hydroxyl groups excluding tert-OH is 1. The highest BCUT2D eigenvalue weighted by atomic mass is 35.5. The standard InChI is InChI=1S/C26H23ClF2N4O4/c1-25(35)11-26(36,12-25)23-30-8-14(9-31-23)13-2-5-20-32-21-18(34)7-17(22(21)33(20)10-13)16-6-15(27)3-4-19(16)37-24(28)29/h2-6,8-10,17-18,24,34-36H,7,11-12H2,1H3/t17-,18-,25-,26+/m1/s1. The summed E-state index contributed by atoms with van der Waals surface area (Å²) >= 11 is 6.19. The highest BCUT2D eigenvalue weighted by Gasteiger charge is 2.53. The average Bonchev–Trinajstić information content (AvgIpc) is 3.36. The van der Waals surface area contributed by atoms with Crippen molar-refractivity contribution in [1.29, 1.82) is 0 Å². The highest BCUT2D eigenvalue weighted by molar-refractivity contribution is 6.30. The van der Waals surface area contributed by atoms with Crippen molar-refractivity contribution in [2.45, 2.75) is 56.0 Å². The predicted molar refractivity (Wildman–Crippen MR) is 129 cm³/mol. The lowest BCUT2D eigenvalue weighted by Gasteiger charge is -2.46. The lowest BCUT2D eigenvalue weighted by molar-refractivity contribution is -0.180. The van der Waals surface area contributed by atoms with Gasteiger partial charge in [-0.2, -0.15) is 8.78 Å². The van der Waals surface area contributed by atoms with Crippen LogP contribution in [0.25, 0.3) is 16.8 Å². The van der Waals surface area contributed by atoms with Crippen LogP contribution in [0.5, 0.6) is 5.75 Å². The first-order valence-corrected chi connectivity index (χ1v) is 12.1. The maximum atomic E-state index is 13.1. The maximum Gasteiger partial charge on any atom is 0.387 e. The molecule has 0 amide bonds. The molecule has 3 aromatic heterocycles. The summed E-state index contributed by atoms with van der Waals surface area (Å²) in [5, 5.41) is 31.8. The monoisotopic (exact) mass is 528 g/mol. The SMILES string of the molecule is C[C@]1(O)C[C@](O)(c2ncc(-c3ccc4nc5c(n4c3)[C@@H](c3cc(Cl)ccc3OC(F)F)C[C@H]5O)cn2)C1. The first kappa shape index (κ1) is 24.2. The van der Waals surface area contributed by atoms with Crippen LogP contribution >= 0.6 is 11.6 Å². The second-order valence-corrected chi connectivity index (χ2v) is 10.5. The fourth-order valence-corrected chi connectivity index (χ4v) is 5.82. The number of aromatic nitrogens is 4. The number of fused-ring (bicyclic) bond motifs is 3. The lowest BCUT2D eigenvalue weighted by Crippen LogP contribution is -2.53. The van der Waals surface area contributed by atoms with E-state index >= 15 is 0 Å². The Hall–Kier alpha value is -3.18. The van der Waals surface area contributed by atoms with E-state index in [1.165, 1.54) is 12.1 Å². The Morgan fingerprint density at radius 3 is 2.51 bits per heavy atom. The van der Waals surface area contributed by atoms with Crippen molar-refractivity contribution >= 4 is 17.2 Å². The molecule has 1 aromatic carbocycles. The molecular formula is C26H23ClF2N4O4. The molecule has 192 valence electrons. The van der Waals surface area contributed by atoms with Gasteiger partial charge in [0.2, 0.25) is 0 Å². The Bertz CT molecular complexity index is 1500. The van der Waals surface area contributed by atoms with E-state index in [9.17, 15) is 24.1 Å². The molecule has 2 aliphatic rings. The topological polar surface area (TPSA) is 113 Å². The number of alkyl halides is 2. The quantitative estimate of drug-likeness (QED) is 0.353. The molecule has 0 aliphatic heterocycles. The van der Waals surface area contributed by atoms with E-state index in [0.29, 0.717) is 33.2 Å². The van der Waals surface area contributed by atoms with Gasteiger partial charge in [-0.15, -0.1) is 0 Å². The summed E-state index contributed by atoms with van der Waals surface area (Å²) in [6.07, 6.45) is 4.71. The fourth-order valence-electron chi connectivity index (χ4n) is 5.64. The Balaban J connectivity index is 1.39. The van der Waals surface area contributed by atoms with Gasteiger partial charge in [-0.25, -0.2) is 15.0 Å². The zero-order valence-corrected chi connectivity index (χ0v) is 20.4. The van der Waals surface area contributed by atoms with Crippen LogP contribution in [-0.4, -0.2) is 46.9 Å². The molecule has 8 nitrogen and oxygen atoms in total. The molecule has 37 heavy (non-hydrogen) atoms. The lowest BCUT2D eigenvalue weighted by atomic mass is 9.68. The third-order valence-electron chi connectivity index (χ3n) is 7.10. The Kier molecular flexibility index (Phi) is 5.50. The molecule has 3 heterocycles. The van der Waals surface area contributed by atoms with E-state index in [2.05, 4.69) is 15.0 Å². The number of benzene rings is 1. The third kappa shape index (κ3) is 4.14. The van der Waals surface area contributed by atoms with Crippen molar-refractivity contribution in [1.82, 2.24) is 19.4 Å². The molecular weight excluding hydrogens is 506 g/mol. The van der Waals surface area contributed by atoms with Crippen LogP contribution in [0.3, 0.4) is 0 Å². The molecule has 0 saturated heterocycles. The predicted octanol–water partition coefficient (Wildman–Crippen LogP) is 4.35. The minimum absolute atomic E-state index is 0.00699. The first-order valence-electron chi connectivity index (χ1n) is 11.7. The van der Waals surface area contributed by atoms with Gasteiger partial charge in [-0.05, 0) is 43.7 Å². The Morgan fingerprint density at radius 2 is 1.84 bits per heavy atom. The number of hydrogen-bond donors (Lipinski definition) is 3. The van der Waals surface area contributed by atoms with E-state index in [1.807, 2.05) is 16.7 Å². The van der Waals surface area contributed by atoms with Gasteiger partial charge >= 0.3 is 6.61 Å². The van der Waals surface area contributed by atoms with Gasteiger partial charge in [0.05, 0.1) is 23.1 Å². The van der Waals surface area contributed by atoms with Gasteiger partial charge in [0, 0.05) is 59.1 Å². The summed E-state index contributed by atoms with van der Waals surface area (Å²) in [7, 11) is 0.